The average Bonchev–Trinajstić information content (AvgIpc) is 2.17. The van der Waals surface area contributed by atoms with E-state index in [9.17, 15) is 4.79 Å². The molecule has 1 rings (SSSR count). The van der Waals surface area contributed by atoms with E-state index >= 15 is 0 Å². The first-order chi connectivity index (χ1) is 3.22. The quantitative estimate of drug-likeness (QED) is 0.471. The molecular formula is C5H5IO. The predicted octanol–water partition coefficient (Wildman–Crippen LogP) is 1.52. The molecule has 1 aliphatic carbocycles. The van der Waals surface area contributed by atoms with Crippen molar-refractivity contribution in [3.05, 3.63) is 11.6 Å². The van der Waals surface area contributed by atoms with Crippen molar-refractivity contribution in [1.29, 1.82) is 0 Å². The highest BCUT2D eigenvalue weighted by molar-refractivity contribution is 14.1. The summed E-state index contributed by atoms with van der Waals surface area (Å²) >= 11 is 1.80. The van der Waals surface area contributed by atoms with Gasteiger partial charge in [-0.1, -0.05) is 13.0 Å². The lowest BCUT2D eigenvalue weighted by atomic mass is 10.4. The van der Waals surface area contributed by atoms with Gasteiger partial charge >= 0.3 is 0 Å². The van der Waals surface area contributed by atoms with E-state index in [4.69, 9.17) is 0 Å². The SMILES string of the molecule is CC1C=C1C(=O)I. The smallest absolute Gasteiger partial charge is 0.218 e. The van der Waals surface area contributed by atoms with Crippen molar-refractivity contribution in [1.82, 2.24) is 0 Å². The molecule has 0 radical (unpaired) electrons. The second-order valence-corrected chi connectivity index (χ2v) is 2.66. The fourth-order valence-electron chi connectivity index (χ4n) is 0.466. The Labute approximate surface area is 55.9 Å². The zero-order valence-corrected chi connectivity index (χ0v) is 6.10. The van der Waals surface area contributed by atoms with Crippen molar-refractivity contribution in [2.24, 2.45) is 5.92 Å². The average molecular weight is 208 g/mol. The second kappa shape index (κ2) is 1.58. The Morgan fingerprint density at radius 1 is 2.00 bits per heavy atom. The van der Waals surface area contributed by atoms with Crippen LogP contribution < -0.4 is 0 Å². The summed E-state index contributed by atoms with van der Waals surface area (Å²) in [5.41, 5.74) is 0.987. The third kappa shape index (κ3) is 1.02. The minimum atomic E-state index is 0.199. The summed E-state index contributed by atoms with van der Waals surface area (Å²) in [7, 11) is 0. The lowest BCUT2D eigenvalue weighted by Gasteiger charge is -1.77. The van der Waals surface area contributed by atoms with E-state index < -0.39 is 0 Å². The van der Waals surface area contributed by atoms with Crippen LogP contribution in [-0.4, -0.2) is 3.79 Å². The fourth-order valence-corrected chi connectivity index (χ4v) is 1.14. The van der Waals surface area contributed by atoms with Crippen LogP contribution >= 0.6 is 22.6 Å². The van der Waals surface area contributed by atoms with Crippen molar-refractivity contribution in [3.63, 3.8) is 0 Å². The van der Waals surface area contributed by atoms with Crippen molar-refractivity contribution in [2.75, 3.05) is 0 Å². The summed E-state index contributed by atoms with van der Waals surface area (Å²) in [6.07, 6.45) is 1.97. The third-order valence-corrected chi connectivity index (χ3v) is 1.66. The van der Waals surface area contributed by atoms with Gasteiger partial charge in [-0.3, -0.25) is 4.79 Å². The number of allylic oxidation sites excluding steroid dienone is 2. The number of carbonyl (C=O) groups is 1. The molecule has 0 saturated carbocycles. The molecular weight excluding hydrogens is 203 g/mol. The molecule has 0 N–H and O–H groups in total. The lowest BCUT2D eigenvalue weighted by Crippen LogP contribution is -1.80. The summed E-state index contributed by atoms with van der Waals surface area (Å²) in [6.45, 7) is 2.02. The number of halogens is 1. The Balaban J connectivity index is 2.48. The Bertz CT molecular complexity index is 137. The molecule has 1 aliphatic rings. The third-order valence-electron chi connectivity index (χ3n) is 1.04. The largest absolute Gasteiger partial charge is 0.283 e. The summed E-state index contributed by atoms with van der Waals surface area (Å²) in [6, 6.07) is 0. The molecule has 1 atom stereocenters. The number of carbonyl (C=O) groups excluding carboxylic acids is 1. The van der Waals surface area contributed by atoms with Gasteiger partial charge < -0.3 is 0 Å². The van der Waals surface area contributed by atoms with Crippen LogP contribution in [0.3, 0.4) is 0 Å². The standard InChI is InChI=1S/C5H5IO/c1-3-2-4(3)5(6)7/h2-3H,1H3. The summed E-state index contributed by atoms with van der Waals surface area (Å²) in [5, 5.41) is 0. The summed E-state index contributed by atoms with van der Waals surface area (Å²) in [5.74, 6) is 0.476. The van der Waals surface area contributed by atoms with Crippen molar-refractivity contribution >= 4 is 26.4 Å². The highest BCUT2D eigenvalue weighted by Gasteiger charge is 2.23. The number of hydrogen-bond acceptors (Lipinski definition) is 1. The monoisotopic (exact) mass is 208 g/mol. The Hall–Kier alpha value is 0.140. The molecule has 2 heteroatoms. The Morgan fingerprint density at radius 3 is 2.43 bits per heavy atom. The highest BCUT2D eigenvalue weighted by Crippen LogP contribution is 2.30. The zero-order valence-electron chi connectivity index (χ0n) is 3.94. The molecule has 38 valence electrons. The van der Waals surface area contributed by atoms with Crippen molar-refractivity contribution in [3.8, 4) is 0 Å². The van der Waals surface area contributed by atoms with Crippen LogP contribution in [0, 0.1) is 5.92 Å². The van der Waals surface area contributed by atoms with E-state index in [2.05, 4.69) is 0 Å². The van der Waals surface area contributed by atoms with Gasteiger partial charge in [-0.2, -0.15) is 0 Å². The van der Waals surface area contributed by atoms with E-state index in [1.165, 1.54) is 0 Å². The van der Waals surface area contributed by atoms with Crippen LogP contribution in [-0.2, 0) is 4.79 Å². The zero-order chi connectivity index (χ0) is 5.44. The molecule has 0 aromatic heterocycles. The van der Waals surface area contributed by atoms with Crippen LogP contribution in [0.15, 0.2) is 11.6 Å². The minimum absolute atomic E-state index is 0.199. The van der Waals surface area contributed by atoms with Crippen LogP contribution in [0.4, 0.5) is 0 Å². The first kappa shape index (κ1) is 5.28. The predicted molar refractivity (Wildman–Crippen MR) is 36.3 cm³/mol. The van der Waals surface area contributed by atoms with Gasteiger partial charge in [0.2, 0.25) is 3.79 Å². The van der Waals surface area contributed by atoms with E-state index in [1.807, 2.05) is 13.0 Å². The van der Waals surface area contributed by atoms with Crippen LogP contribution in [0.2, 0.25) is 0 Å². The molecule has 0 aromatic rings. The van der Waals surface area contributed by atoms with Crippen LogP contribution in [0.25, 0.3) is 0 Å². The van der Waals surface area contributed by atoms with Crippen LogP contribution in [0.5, 0.6) is 0 Å². The summed E-state index contributed by atoms with van der Waals surface area (Å²) < 4.78 is 0.199. The van der Waals surface area contributed by atoms with Gasteiger partial charge in [-0.05, 0) is 0 Å². The van der Waals surface area contributed by atoms with E-state index in [0.29, 0.717) is 5.92 Å². The molecule has 1 nitrogen and oxygen atoms in total. The maximum absolute atomic E-state index is 10.3. The Kier molecular flexibility index (Phi) is 1.19. The van der Waals surface area contributed by atoms with Gasteiger partial charge in [0.25, 0.3) is 0 Å². The number of hydrogen-bond donors (Lipinski definition) is 0. The normalized spacial score (nSPS) is 26.6. The van der Waals surface area contributed by atoms with E-state index in [0.717, 1.165) is 5.57 Å². The maximum atomic E-state index is 10.3. The van der Waals surface area contributed by atoms with Gasteiger partial charge in [0.05, 0.1) is 0 Å². The fraction of sp³-hybridized carbons (Fsp3) is 0.400. The molecule has 0 fully saturated rings. The van der Waals surface area contributed by atoms with Crippen LogP contribution in [0.1, 0.15) is 6.92 Å². The van der Waals surface area contributed by atoms with Gasteiger partial charge in [-0.15, -0.1) is 0 Å². The van der Waals surface area contributed by atoms with E-state index in [-0.39, 0.29) is 3.79 Å². The molecule has 0 saturated heterocycles. The lowest BCUT2D eigenvalue weighted by molar-refractivity contribution is -0.106. The molecule has 0 amide bonds. The minimum Gasteiger partial charge on any atom is -0.283 e. The second-order valence-electron chi connectivity index (χ2n) is 1.68. The molecule has 0 spiro atoms. The van der Waals surface area contributed by atoms with Crippen molar-refractivity contribution in [2.45, 2.75) is 6.92 Å². The molecule has 0 aliphatic heterocycles. The first-order valence-electron chi connectivity index (χ1n) is 2.13. The first-order valence-corrected chi connectivity index (χ1v) is 3.21. The molecule has 7 heavy (non-hydrogen) atoms. The van der Waals surface area contributed by atoms with E-state index in [1.54, 1.807) is 22.6 Å². The number of rotatable bonds is 1. The van der Waals surface area contributed by atoms with Gasteiger partial charge in [0.15, 0.2) is 0 Å². The van der Waals surface area contributed by atoms with Gasteiger partial charge in [0.1, 0.15) is 0 Å². The van der Waals surface area contributed by atoms with Gasteiger partial charge in [-0.25, -0.2) is 0 Å². The van der Waals surface area contributed by atoms with Gasteiger partial charge in [0, 0.05) is 34.1 Å². The van der Waals surface area contributed by atoms with Crippen molar-refractivity contribution < 1.29 is 4.79 Å². The molecule has 0 aromatic carbocycles. The topological polar surface area (TPSA) is 17.1 Å². The maximum Gasteiger partial charge on any atom is 0.218 e. The summed E-state index contributed by atoms with van der Waals surface area (Å²) in [4.78, 5) is 10.3. The Morgan fingerprint density at radius 2 is 2.43 bits per heavy atom. The highest BCUT2D eigenvalue weighted by atomic mass is 127. The molecule has 0 bridgehead atoms. The molecule has 1 unspecified atom stereocenters. The molecule has 0 heterocycles.